The van der Waals surface area contributed by atoms with Crippen LogP contribution in [0.25, 0.3) is 11.2 Å². The second-order valence-corrected chi connectivity index (χ2v) is 4.62. The molecule has 0 radical (unpaired) electrons. The molecule has 1 fully saturated rings. The van der Waals surface area contributed by atoms with Gasteiger partial charge in [-0.3, -0.25) is 0 Å². The first-order chi connectivity index (χ1) is 8.40. The summed E-state index contributed by atoms with van der Waals surface area (Å²) in [5.74, 6) is 1.16. The summed E-state index contributed by atoms with van der Waals surface area (Å²) in [4.78, 5) is 9.22. The fraction of sp³-hybridized carbons (Fsp3) is 0.538. The normalized spacial score (nSPS) is 20.2. The molecule has 90 valence electrons. The molecular weight excluding hydrogens is 212 g/mol. The third-order valence-corrected chi connectivity index (χ3v) is 3.35. The molecule has 4 heteroatoms. The van der Waals surface area contributed by atoms with E-state index in [2.05, 4.69) is 21.8 Å². The molecule has 17 heavy (non-hydrogen) atoms. The Morgan fingerprint density at radius 2 is 2.47 bits per heavy atom. The molecule has 3 rings (SSSR count). The minimum atomic E-state index is 0.413. The summed E-state index contributed by atoms with van der Waals surface area (Å²) < 4.78 is 2.28. The van der Waals surface area contributed by atoms with Crippen molar-refractivity contribution in [3.05, 3.63) is 24.2 Å². The van der Waals surface area contributed by atoms with Crippen molar-refractivity contribution in [2.24, 2.45) is 0 Å². The molecule has 3 heterocycles. The van der Waals surface area contributed by atoms with Gasteiger partial charge >= 0.3 is 0 Å². The molecule has 0 spiro atoms. The molecule has 0 aromatic carbocycles. The number of aromatic nitrogens is 3. The highest BCUT2D eigenvalue weighted by molar-refractivity contribution is 5.71. The van der Waals surface area contributed by atoms with Gasteiger partial charge in [-0.15, -0.1) is 0 Å². The highest BCUT2D eigenvalue weighted by atomic mass is 15.2. The van der Waals surface area contributed by atoms with Gasteiger partial charge in [0.2, 0.25) is 0 Å². The number of hydrogen-bond acceptors (Lipinski definition) is 3. The van der Waals surface area contributed by atoms with Crippen LogP contribution < -0.4 is 5.32 Å². The number of pyridine rings is 1. The maximum atomic E-state index is 4.75. The molecule has 1 N–H and O–H groups in total. The molecule has 1 aliphatic heterocycles. The van der Waals surface area contributed by atoms with Gasteiger partial charge in [0.15, 0.2) is 5.65 Å². The van der Waals surface area contributed by atoms with Gasteiger partial charge in [-0.05, 0) is 37.9 Å². The Bertz CT molecular complexity index is 511. The molecule has 4 nitrogen and oxygen atoms in total. The van der Waals surface area contributed by atoms with Crippen LogP contribution in [0.4, 0.5) is 0 Å². The summed E-state index contributed by atoms with van der Waals surface area (Å²) in [6, 6.07) is 4.42. The molecule has 1 atom stereocenters. The molecule has 1 aliphatic rings. The fourth-order valence-electron chi connectivity index (χ4n) is 2.59. The lowest BCUT2D eigenvalue weighted by molar-refractivity contribution is 0.548. The quantitative estimate of drug-likeness (QED) is 0.879. The Hall–Kier alpha value is -1.42. The molecule has 0 amide bonds. The number of imidazole rings is 1. The zero-order valence-electron chi connectivity index (χ0n) is 10.2. The SMILES string of the molecule is CCCn1c(C2CCCN2)nc2cccnc21. The van der Waals surface area contributed by atoms with Crippen molar-refractivity contribution < 1.29 is 0 Å². The Labute approximate surface area is 101 Å². The average molecular weight is 230 g/mol. The van der Waals surface area contributed by atoms with E-state index in [1.165, 1.54) is 12.8 Å². The Morgan fingerprint density at radius 1 is 1.53 bits per heavy atom. The van der Waals surface area contributed by atoms with E-state index in [1.807, 2.05) is 18.3 Å². The van der Waals surface area contributed by atoms with E-state index in [-0.39, 0.29) is 0 Å². The number of hydrogen-bond donors (Lipinski definition) is 1. The highest BCUT2D eigenvalue weighted by Gasteiger charge is 2.23. The number of aryl methyl sites for hydroxylation is 1. The minimum Gasteiger partial charge on any atom is -0.311 e. The third-order valence-electron chi connectivity index (χ3n) is 3.35. The lowest BCUT2D eigenvalue weighted by atomic mass is 10.2. The zero-order chi connectivity index (χ0) is 11.7. The summed E-state index contributed by atoms with van der Waals surface area (Å²) >= 11 is 0. The van der Waals surface area contributed by atoms with Crippen molar-refractivity contribution in [1.29, 1.82) is 0 Å². The standard InChI is InChI=1S/C13H18N4/c1-2-9-17-12-11(6-4-8-15-12)16-13(17)10-5-3-7-14-10/h4,6,8,10,14H,2-3,5,7,9H2,1H3. The van der Waals surface area contributed by atoms with Crippen molar-refractivity contribution in [1.82, 2.24) is 19.9 Å². The molecule has 1 saturated heterocycles. The fourth-order valence-corrected chi connectivity index (χ4v) is 2.59. The van der Waals surface area contributed by atoms with Crippen LogP contribution in [0, 0.1) is 0 Å². The van der Waals surface area contributed by atoms with Crippen LogP contribution in [-0.4, -0.2) is 21.1 Å². The Balaban J connectivity index is 2.11. The first-order valence-corrected chi connectivity index (χ1v) is 6.44. The second kappa shape index (κ2) is 4.45. The van der Waals surface area contributed by atoms with Gasteiger partial charge in [0.25, 0.3) is 0 Å². The van der Waals surface area contributed by atoms with E-state index in [0.29, 0.717) is 6.04 Å². The van der Waals surface area contributed by atoms with Crippen LogP contribution >= 0.6 is 0 Å². The number of nitrogens with zero attached hydrogens (tertiary/aromatic N) is 3. The van der Waals surface area contributed by atoms with Gasteiger partial charge < -0.3 is 9.88 Å². The second-order valence-electron chi connectivity index (χ2n) is 4.62. The molecule has 0 aliphatic carbocycles. The molecule has 0 saturated carbocycles. The number of nitrogens with one attached hydrogen (secondary N) is 1. The predicted molar refractivity (Wildman–Crippen MR) is 67.8 cm³/mol. The first kappa shape index (κ1) is 10.7. The van der Waals surface area contributed by atoms with Crippen molar-refractivity contribution in [3.63, 3.8) is 0 Å². The highest BCUT2D eigenvalue weighted by Crippen LogP contribution is 2.25. The summed E-state index contributed by atoms with van der Waals surface area (Å²) in [6.45, 7) is 4.30. The van der Waals surface area contributed by atoms with Crippen LogP contribution in [0.15, 0.2) is 18.3 Å². The molecular formula is C13H18N4. The first-order valence-electron chi connectivity index (χ1n) is 6.44. The maximum Gasteiger partial charge on any atom is 0.160 e. The molecule has 2 aromatic rings. The van der Waals surface area contributed by atoms with E-state index >= 15 is 0 Å². The van der Waals surface area contributed by atoms with Crippen molar-refractivity contribution >= 4 is 11.2 Å². The van der Waals surface area contributed by atoms with Gasteiger partial charge in [-0.25, -0.2) is 9.97 Å². The molecule has 0 bridgehead atoms. The zero-order valence-corrected chi connectivity index (χ0v) is 10.2. The van der Waals surface area contributed by atoms with E-state index in [1.54, 1.807) is 0 Å². The van der Waals surface area contributed by atoms with Gasteiger partial charge in [0.1, 0.15) is 11.3 Å². The van der Waals surface area contributed by atoms with E-state index in [4.69, 9.17) is 4.98 Å². The number of fused-ring (bicyclic) bond motifs is 1. The van der Waals surface area contributed by atoms with E-state index in [0.717, 1.165) is 36.5 Å². The van der Waals surface area contributed by atoms with Crippen LogP contribution in [0.2, 0.25) is 0 Å². The largest absolute Gasteiger partial charge is 0.311 e. The summed E-state index contributed by atoms with van der Waals surface area (Å²) in [5, 5.41) is 3.52. The lowest BCUT2D eigenvalue weighted by Crippen LogP contribution is -2.18. The third kappa shape index (κ3) is 1.82. The minimum absolute atomic E-state index is 0.413. The number of rotatable bonds is 3. The summed E-state index contributed by atoms with van der Waals surface area (Å²) in [7, 11) is 0. The van der Waals surface area contributed by atoms with Crippen LogP contribution in [0.5, 0.6) is 0 Å². The van der Waals surface area contributed by atoms with Gasteiger partial charge in [-0.1, -0.05) is 6.92 Å². The summed E-state index contributed by atoms with van der Waals surface area (Å²) in [5.41, 5.74) is 2.04. The van der Waals surface area contributed by atoms with Crippen LogP contribution in [-0.2, 0) is 6.54 Å². The van der Waals surface area contributed by atoms with Crippen molar-refractivity contribution in [2.75, 3.05) is 6.54 Å². The van der Waals surface area contributed by atoms with Crippen molar-refractivity contribution in [2.45, 2.75) is 38.8 Å². The Kier molecular flexibility index (Phi) is 2.81. The molecule has 2 aromatic heterocycles. The van der Waals surface area contributed by atoms with Crippen molar-refractivity contribution in [3.8, 4) is 0 Å². The van der Waals surface area contributed by atoms with Crippen LogP contribution in [0.1, 0.15) is 38.1 Å². The monoisotopic (exact) mass is 230 g/mol. The lowest BCUT2D eigenvalue weighted by Gasteiger charge is -2.12. The molecule has 1 unspecified atom stereocenters. The maximum absolute atomic E-state index is 4.75. The van der Waals surface area contributed by atoms with Gasteiger partial charge in [0.05, 0.1) is 6.04 Å². The van der Waals surface area contributed by atoms with Gasteiger partial charge in [-0.2, -0.15) is 0 Å². The topological polar surface area (TPSA) is 42.7 Å². The summed E-state index contributed by atoms with van der Waals surface area (Å²) in [6.07, 6.45) is 5.39. The van der Waals surface area contributed by atoms with Crippen LogP contribution in [0.3, 0.4) is 0 Å². The van der Waals surface area contributed by atoms with Gasteiger partial charge in [0, 0.05) is 12.7 Å². The van der Waals surface area contributed by atoms with E-state index in [9.17, 15) is 0 Å². The van der Waals surface area contributed by atoms with E-state index < -0.39 is 0 Å². The Morgan fingerprint density at radius 3 is 3.24 bits per heavy atom. The predicted octanol–water partition coefficient (Wildman–Crippen LogP) is 2.27. The average Bonchev–Trinajstić information content (AvgIpc) is 2.97. The smallest absolute Gasteiger partial charge is 0.160 e.